The fourth-order valence-corrected chi connectivity index (χ4v) is 1.78. The molecular weight excluding hydrogens is 174 g/mol. The van der Waals surface area contributed by atoms with Gasteiger partial charge in [0.2, 0.25) is 0 Å². The zero-order valence-electron chi connectivity index (χ0n) is 8.53. The normalized spacial score (nSPS) is 20.4. The molecule has 2 rings (SSSR count). The van der Waals surface area contributed by atoms with Crippen molar-refractivity contribution in [3.8, 4) is 0 Å². The van der Waals surface area contributed by atoms with Gasteiger partial charge >= 0.3 is 0 Å². The lowest BCUT2D eigenvalue weighted by atomic mass is 10.1. The second-order valence-corrected chi connectivity index (χ2v) is 4.22. The fourth-order valence-electron chi connectivity index (χ4n) is 1.78. The Kier molecular flexibility index (Phi) is 2.57. The van der Waals surface area contributed by atoms with Gasteiger partial charge in [0.15, 0.2) is 0 Å². The first-order valence-electron chi connectivity index (χ1n) is 5.19. The van der Waals surface area contributed by atoms with E-state index in [9.17, 15) is 5.11 Å². The summed E-state index contributed by atoms with van der Waals surface area (Å²) in [6.07, 6.45) is 2.20. The Hall–Kier alpha value is -0.860. The second kappa shape index (κ2) is 3.71. The van der Waals surface area contributed by atoms with Crippen LogP contribution in [0.3, 0.4) is 0 Å². The molecule has 76 valence electrons. The average molecular weight is 191 g/mol. The number of aliphatic hydroxyl groups is 1. The smallest absolute Gasteiger partial charge is 0.0613 e. The predicted molar refractivity (Wildman–Crippen MR) is 57.0 cm³/mol. The lowest BCUT2D eigenvalue weighted by Crippen LogP contribution is -2.36. The first-order chi connectivity index (χ1) is 6.76. The molecule has 0 radical (unpaired) electrons. The van der Waals surface area contributed by atoms with Gasteiger partial charge in [0.25, 0.3) is 0 Å². The van der Waals surface area contributed by atoms with Crippen LogP contribution in [-0.4, -0.2) is 17.3 Å². The summed E-state index contributed by atoms with van der Waals surface area (Å²) < 4.78 is 0. The Morgan fingerprint density at radius 1 is 1.36 bits per heavy atom. The third-order valence-electron chi connectivity index (χ3n) is 2.98. The van der Waals surface area contributed by atoms with Crippen molar-refractivity contribution < 1.29 is 5.11 Å². The van der Waals surface area contributed by atoms with Crippen molar-refractivity contribution in [2.45, 2.75) is 31.3 Å². The second-order valence-electron chi connectivity index (χ2n) is 4.22. The van der Waals surface area contributed by atoms with Crippen LogP contribution in [0, 0.1) is 0 Å². The summed E-state index contributed by atoms with van der Waals surface area (Å²) in [5.41, 5.74) is 1.31. The molecule has 0 heterocycles. The highest BCUT2D eigenvalue weighted by Gasteiger charge is 2.42. The molecule has 1 unspecified atom stereocenters. The number of aliphatic hydroxyl groups excluding tert-OH is 1. The third kappa shape index (κ3) is 1.97. The predicted octanol–water partition coefficient (Wildman–Crippen LogP) is 1.86. The Morgan fingerprint density at radius 3 is 2.50 bits per heavy atom. The maximum Gasteiger partial charge on any atom is 0.0613 e. The molecule has 0 aliphatic heterocycles. The van der Waals surface area contributed by atoms with Crippen LogP contribution < -0.4 is 5.32 Å². The number of nitrogens with one attached hydrogen (secondary N) is 1. The lowest BCUT2D eigenvalue weighted by molar-refractivity contribution is 0.221. The molecule has 1 aliphatic rings. The van der Waals surface area contributed by atoms with E-state index < -0.39 is 0 Å². The van der Waals surface area contributed by atoms with E-state index in [1.165, 1.54) is 5.56 Å². The van der Waals surface area contributed by atoms with Crippen LogP contribution >= 0.6 is 0 Å². The van der Waals surface area contributed by atoms with Crippen molar-refractivity contribution in [3.05, 3.63) is 35.9 Å². The first-order valence-corrected chi connectivity index (χ1v) is 5.19. The van der Waals surface area contributed by atoms with E-state index in [0.29, 0.717) is 6.04 Å². The van der Waals surface area contributed by atoms with Gasteiger partial charge in [-0.25, -0.2) is 0 Å². The van der Waals surface area contributed by atoms with Crippen molar-refractivity contribution in [2.24, 2.45) is 0 Å². The summed E-state index contributed by atoms with van der Waals surface area (Å²) in [7, 11) is 0. The van der Waals surface area contributed by atoms with Crippen LogP contribution in [-0.2, 0) is 0 Å². The number of hydrogen-bond acceptors (Lipinski definition) is 2. The number of benzene rings is 1. The molecule has 1 atom stereocenters. The topological polar surface area (TPSA) is 32.3 Å². The van der Waals surface area contributed by atoms with Gasteiger partial charge in [-0.15, -0.1) is 0 Å². The van der Waals surface area contributed by atoms with Crippen molar-refractivity contribution in [3.63, 3.8) is 0 Å². The summed E-state index contributed by atoms with van der Waals surface area (Å²) >= 11 is 0. The molecule has 1 fully saturated rings. The maximum absolute atomic E-state index is 9.19. The molecule has 2 heteroatoms. The molecule has 1 aromatic carbocycles. The summed E-state index contributed by atoms with van der Waals surface area (Å²) in [6, 6.07) is 10.7. The van der Waals surface area contributed by atoms with Gasteiger partial charge in [-0.05, 0) is 25.3 Å². The molecule has 1 aromatic rings. The first kappa shape index (κ1) is 9.69. The standard InChI is InChI=1S/C12H17NO/c1-10(11-5-3-2-4-6-11)13-12(9-14)7-8-12/h2-6,10,13-14H,7-9H2,1H3. The molecule has 2 nitrogen and oxygen atoms in total. The van der Waals surface area contributed by atoms with E-state index >= 15 is 0 Å². The molecule has 0 amide bonds. The van der Waals surface area contributed by atoms with Crippen LogP contribution in [0.1, 0.15) is 31.4 Å². The minimum absolute atomic E-state index is 0.0231. The largest absolute Gasteiger partial charge is 0.394 e. The van der Waals surface area contributed by atoms with Crippen molar-refractivity contribution in [1.29, 1.82) is 0 Å². The van der Waals surface area contributed by atoms with Gasteiger partial charge in [-0.1, -0.05) is 30.3 Å². The van der Waals surface area contributed by atoms with E-state index in [4.69, 9.17) is 0 Å². The monoisotopic (exact) mass is 191 g/mol. The number of hydrogen-bond donors (Lipinski definition) is 2. The number of rotatable bonds is 4. The maximum atomic E-state index is 9.19. The molecule has 2 N–H and O–H groups in total. The van der Waals surface area contributed by atoms with E-state index in [0.717, 1.165) is 12.8 Å². The van der Waals surface area contributed by atoms with Gasteiger partial charge in [-0.2, -0.15) is 0 Å². The average Bonchev–Trinajstić information content (AvgIpc) is 3.00. The molecule has 0 spiro atoms. The lowest BCUT2D eigenvalue weighted by Gasteiger charge is -2.21. The molecule has 0 bridgehead atoms. The van der Waals surface area contributed by atoms with Gasteiger partial charge in [0.1, 0.15) is 0 Å². The Balaban J connectivity index is 1.99. The Bertz CT molecular complexity index is 292. The van der Waals surface area contributed by atoms with Crippen LogP contribution in [0.5, 0.6) is 0 Å². The van der Waals surface area contributed by atoms with E-state index in [1.807, 2.05) is 18.2 Å². The van der Waals surface area contributed by atoms with Crippen LogP contribution in [0.15, 0.2) is 30.3 Å². The highest BCUT2D eigenvalue weighted by atomic mass is 16.3. The van der Waals surface area contributed by atoms with Gasteiger partial charge in [0, 0.05) is 11.6 Å². The SMILES string of the molecule is CC(NC1(CO)CC1)c1ccccc1. The quantitative estimate of drug-likeness (QED) is 0.761. The van der Waals surface area contributed by atoms with Gasteiger partial charge in [-0.3, -0.25) is 0 Å². The molecule has 0 aromatic heterocycles. The molecule has 1 saturated carbocycles. The Morgan fingerprint density at radius 2 is 2.00 bits per heavy atom. The van der Waals surface area contributed by atoms with Crippen LogP contribution in [0.4, 0.5) is 0 Å². The highest BCUT2D eigenvalue weighted by molar-refractivity contribution is 5.19. The van der Waals surface area contributed by atoms with Gasteiger partial charge in [0.05, 0.1) is 6.61 Å². The fraction of sp³-hybridized carbons (Fsp3) is 0.500. The van der Waals surface area contributed by atoms with E-state index in [2.05, 4.69) is 24.4 Å². The van der Waals surface area contributed by atoms with E-state index in [1.54, 1.807) is 0 Å². The van der Waals surface area contributed by atoms with Crippen LogP contribution in [0.25, 0.3) is 0 Å². The zero-order valence-corrected chi connectivity index (χ0v) is 8.53. The summed E-state index contributed by atoms with van der Waals surface area (Å²) in [6.45, 7) is 2.40. The minimum atomic E-state index is 0.0231. The molecule has 0 saturated heterocycles. The zero-order chi connectivity index (χ0) is 10.0. The third-order valence-corrected chi connectivity index (χ3v) is 2.98. The van der Waals surface area contributed by atoms with Gasteiger partial charge < -0.3 is 10.4 Å². The van der Waals surface area contributed by atoms with Crippen molar-refractivity contribution >= 4 is 0 Å². The van der Waals surface area contributed by atoms with Crippen molar-refractivity contribution in [1.82, 2.24) is 5.32 Å². The summed E-state index contributed by atoms with van der Waals surface area (Å²) in [5.74, 6) is 0. The molecule has 1 aliphatic carbocycles. The van der Waals surface area contributed by atoms with E-state index in [-0.39, 0.29) is 12.1 Å². The molecular formula is C12H17NO. The minimum Gasteiger partial charge on any atom is -0.394 e. The Labute approximate surface area is 85.0 Å². The summed E-state index contributed by atoms with van der Waals surface area (Å²) in [4.78, 5) is 0. The van der Waals surface area contributed by atoms with Crippen LogP contribution in [0.2, 0.25) is 0 Å². The summed E-state index contributed by atoms with van der Waals surface area (Å²) in [5, 5.41) is 12.7. The highest BCUT2D eigenvalue weighted by Crippen LogP contribution is 2.36. The molecule has 14 heavy (non-hydrogen) atoms. The van der Waals surface area contributed by atoms with Crippen molar-refractivity contribution in [2.75, 3.05) is 6.61 Å².